The molecule has 1 fully saturated rings. The van der Waals surface area contributed by atoms with Gasteiger partial charge in [0.05, 0.1) is 5.69 Å². The number of aryl methyl sites for hydroxylation is 2. The molecular formula is C17H22N4O2. The molecule has 0 aromatic heterocycles. The van der Waals surface area contributed by atoms with Gasteiger partial charge in [0.2, 0.25) is 5.91 Å². The molecular weight excluding hydrogens is 292 g/mol. The summed E-state index contributed by atoms with van der Waals surface area (Å²) in [5.74, 6) is -0.107. The highest BCUT2D eigenvalue weighted by Gasteiger charge is 2.29. The second-order valence-corrected chi connectivity index (χ2v) is 6.08. The largest absolute Gasteiger partial charge is 0.335 e. The highest BCUT2D eigenvalue weighted by atomic mass is 16.2. The SMILES string of the molecule is Cc1ccc(C)c(N2N=C(C(=O)N3CCNCC3)CCC2=O)c1. The van der Waals surface area contributed by atoms with E-state index in [0.29, 0.717) is 31.6 Å². The fourth-order valence-corrected chi connectivity index (χ4v) is 2.89. The van der Waals surface area contributed by atoms with Crippen molar-refractivity contribution in [3.05, 3.63) is 29.3 Å². The van der Waals surface area contributed by atoms with Crippen LogP contribution in [-0.4, -0.2) is 48.6 Å². The van der Waals surface area contributed by atoms with Gasteiger partial charge in [-0.25, -0.2) is 5.01 Å². The molecule has 1 saturated heterocycles. The first-order chi connectivity index (χ1) is 11.1. The van der Waals surface area contributed by atoms with Crippen LogP contribution in [0.3, 0.4) is 0 Å². The lowest BCUT2D eigenvalue weighted by atomic mass is 10.1. The van der Waals surface area contributed by atoms with Gasteiger partial charge in [0.25, 0.3) is 5.91 Å². The van der Waals surface area contributed by atoms with E-state index in [4.69, 9.17) is 0 Å². The number of hydrazone groups is 1. The summed E-state index contributed by atoms with van der Waals surface area (Å²) in [6.45, 7) is 6.92. The molecule has 0 saturated carbocycles. The molecule has 0 radical (unpaired) electrons. The van der Waals surface area contributed by atoms with E-state index >= 15 is 0 Å². The smallest absolute Gasteiger partial charge is 0.270 e. The Balaban J connectivity index is 1.89. The minimum absolute atomic E-state index is 0.0469. The maximum atomic E-state index is 12.6. The van der Waals surface area contributed by atoms with Crippen LogP contribution in [0.1, 0.15) is 24.0 Å². The third kappa shape index (κ3) is 3.27. The molecule has 1 aromatic rings. The van der Waals surface area contributed by atoms with Crippen molar-refractivity contribution in [2.75, 3.05) is 31.2 Å². The van der Waals surface area contributed by atoms with E-state index in [1.165, 1.54) is 5.01 Å². The molecule has 6 nitrogen and oxygen atoms in total. The molecule has 1 N–H and O–H groups in total. The van der Waals surface area contributed by atoms with Crippen LogP contribution in [0.5, 0.6) is 0 Å². The summed E-state index contributed by atoms with van der Waals surface area (Å²) in [4.78, 5) is 26.7. The number of rotatable bonds is 2. The second kappa shape index (κ2) is 6.50. The van der Waals surface area contributed by atoms with Gasteiger partial charge in [-0.15, -0.1) is 0 Å². The highest BCUT2D eigenvalue weighted by molar-refractivity contribution is 6.40. The van der Waals surface area contributed by atoms with Gasteiger partial charge < -0.3 is 10.2 Å². The number of carbonyl (C=O) groups excluding carboxylic acids is 2. The number of hydrogen-bond donors (Lipinski definition) is 1. The van der Waals surface area contributed by atoms with Gasteiger partial charge in [-0.3, -0.25) is 9.59 Å². The van der Waals surface area contributed by atoms with Crippen molar-refractivity contribution in [1.29, 1.82) is 0 Å². The molecule has 0 atom stereocenters. The van der Waals surface area contributed by atoms with E-state index in [1.807, 2.05) is 36.9 Å². The normalized spacial score (nSPS) is 18.9. The summed E-state index contributed by atoms with van der Waals surface area (Å²) in [6.07, 6.45) is 0.743. The zero-order valence-electron chi connectivity index (χ0n) is 13.6. The number of hydrogen-bond acceptors (Lipinski definition) is 4. The van der Waals surface area contributed by atoms with E-state index < -0.39 is 0 Å². The van der Waals surface area contributed by atoms with Crippen molar-refractivity contribution in [3.8, 4) is 0 Å². The Morgan fingerprint density at radius 1 is 1.17 bits per heavy atom. The van der Waals surface area contributed by atoms with Gasteiger partial charge in [0.15, 0.2) is 0 Å². The molecule has 0 aliphatic carbocycles. The summed E-state index contributed by atoms with van der Waals surface area (Å²) in [5.41, 5.74) is 3.28. The lowest BCUT2D eigenvalue weighted by molar-refractivity contribution is -0.124. The van der Waals surface area contributed by atoms with E-state index in [1.54, 1.807) is 0 Å². The number of carbonyl (C=O) groups is 2. The number of nitrogens with zero attached hydrogens (tertiary/aromatic N) is 3. The minimum atomic E-state index is -0.0597. The van der Waals surface area contributed by atoms with Crippen LogP contribution in [0.4, 0.5) is 5.69 Å². The second-order valence-electron chi connectivity index (χ2n) is 6.08. The van der Waals surface area contributed by atoms with Gasteiger partial charge in [0, 0.05) is 39.0 Å². The van der Waals surface area contributed by atoms with Crippen LogP contribution in [-0.2, 0) is 9.59 Å². The average Bonchev–Trinajstić information content (AvgIpc) is 2.58. The Bertz CT molecular complexity index is 663. The third-order valence-electron chi connectivity index (χ3n) is 4.28. The number of piperazine rings is 1. The standard InChI is InChI=1S/C17H22N4O2/c1-12-3-4-13(2)15(11-12)21-16(22)6-5-14(19-21)17(23)20-9-7-18-8-10-20/h3-4,11,18H,5-10H2,1-2H3. The topological polar surface area (TPSA) is 65.0 Å². The molecule has 2 amide bonds. The zero-order valence-corrected chi connectivity index (χ0v) is 13.6. The Labute approximate surface area is 136 Å². The molecule has 2 heterocycles. The molecule has 1 aromatic carbocycles. The quantitative estimate of drug-likeness (QED) is 0.892. The molecule has 122 valence electrons. The highest BCUT2D eigenvalue weighted by Crippen LogP contribution is 2.25. The molecule has 0 spiro atoms. The summed E-state index contributed by atoms with van der Waals surface area (Å²) >= 11 is 0. The molecule has 6 heteroatoms. The Hall–Kier alpha value is -2.21. The van der Waals surface area contributed by atoms with E-state index in [-0.39, 0.29) is 11.8 Å². The minimum Gasteiger partial charge on any atom is -0.335 e. The fourth-order valence-electron chi connectivity index (χ4n) is 2.89. The first-order valence-corrected chi connectivity index (χ1v) is 8.04. The van der Waals surface area contributed by atoms with Crippen molar-refractivity contribution in [3.63, 3.8) is 0 Å². The van der Waals surface area contributed by atoms with Gasteiger partial charge in [-0.2, -0.15) is 5.10 Å². The maximum absolute atomic E-state index is 12.6. The van der Waals surface area contributed by atoms with E-state index in [2.05, 4.69) is 10.4 Å². The van der Waals surface area contributed by atoms with E-state index in [0.717, 1.165) is 29.9 Å². The Morgan fingerprint density at radius 2 is 1.91 bits per heavy atom. The molecule has 3 rings (SSSR count). The van der Waals surface area contributed by atoms with E-state index in [9.17, 15) is 9.59 Å². The van der Waals surface area contributed by atoms with Crippen molar-refractivity contribution < 1.29 is 9.59 Å². The van der Waals surface area contributed by atoms with Crippen LogP contribution in [0.2, 0.25) is 0 Å². The van der Waals surface area contributed by atoms with Crippen LogP contribution in [0.25, 0.3) is 0 Å². The van der Waals surface area contributed by atoms with Crippen LogP contribution in [0.15, 0.2) is 23.3 Å². The van der Waals surface area contributed by atoms with Crippen LogP contribution in [0, 0.1) is 13.8 Å². The lowest BCUT2D eigenvalue weighted by Gasteiger charge is -2.30. The molecule has 0 bridgehead atoms. The number of amides is 2. The zero-order chi connectivity index (χ0) is 16.4. The first-order valence-electron chi connectivity index (χ1n) is 8.04. The predicted octanol–water partition coefficient (Wildman–Crippen LogP) is 1.22. The van der Waals surface area contributed by atoms with Crippen molar-refractivity contribution in [2.45, 2.75) is 26.7 Å². The van der Waals surface area contributed by atoms with Crippen molar-refractivity contribution in [2.24, 2.45) is 5.10 Å². The summed E-state index contributed by atoms with van der Waals surface area (Å²) in [5, 5.41) is 9.03. The summed E-state index contributed by atoms with van der Waals surface area (Å²) in [7, 11) is 0. The van der Waals surface area contributed by atoms with Crippen molar-refractivity contribution in [1.82, 2.24) is 10.2 Å². The number of nitrogens with one attached hydrogen (secondary N) is 1. The van der Waals surface area contributed by atoms with Crippen molar-refractivity contribution >= 4 is 23.2 Å². The molecule has 2 aliphatic heterocycles. The first kappa shape index (κ1) is 15.7. The predicted molar refractivity (Wildman–Crippen MR) is 89.5 cm³/mol. The number of anilines is 1. The Kier molecular flexibility index (Phi) is 4.43. The van der Waals surface area contributed by atoms with Gasteiger partial charge in [-0.1, -0.05) is 12.1 Å². The average molecular weight is 314 g/mol. The van der Waals surface area contributed by atoms with Crippen LogP contribution >= 0.6 is 0 Å². The lowest BCUT2D eigenvalue weighted by Crippen LogP contribution is -2.50. The third-order valence-corrected chi connectivity index (χ3v) is 4.28. The number of benzene rings is 1. The fraction of sp³-hybridized carbons (Fsp3) is 0.471. The monoisotopic (exact) mass is 314 g/mol. The van der Waals surface area contributed by atoms with Gasteiger partial charge >= 0.3 is 0 Å². The Morgan fingerprint density at radius 3 is 2.65 bits per heavy atom. The molecule has 2 aliphatic rings. The molecule has 0 unspecified atom stereocenters. The van der Waals surface area contributed by atoms with Crippen LogP contribution < -0.4 is 10.3 Å². The maximum Gasteiger partial charge on any atom is 0.270 e. The molecule has 23 heavy (non-hydrogen) atoms. The van der Waals surface area contributed by atoms with Gasteiger partial charge in [0.1, 0.15) is 5.71 Å². The summed E-state index contributed by atoms with van der Waals surface area (Å²) < 4.78 is 0. The van der Waals surface area contributed by atoms with Gasteiger partial charge in [-0.05, 0) is 31.0 Å². The summed E-state index contributed by atoms with van der Waals surface area (Å²) in [6, 6.07) is 5.92.